The number of hydrogen-bond donors (Lipinski definition) is 2. The Morgan fingerprint density at radius 1 is 1.04 bits per heavy atom. The second-order valence-electron chi connectivity index (χ2n) is 7.55. The van der Waals surface area contributed by atoms with Crippen LogP contribution in [0.5, 0.6) is 0 Å². The molecule has 2 N–H and O–H groups in total. The lowest BCUT2D eigenvalue weighted by molar-refractivity contribution is -0.134. The summed E-state index contributed by atoms with van der Waals surface area (Å²) < 4.78 is 0.847. The van der Waals surface area contributed by atoms with Crippen LogP contribution in [0, 0.1) is 11.8 Å². The molecule has 0 saturated heterocycles. The molecule has 0 saturated carbocycles. The first-order valence-electron chi connectivity index (χ1n) is 9.53. The summed E-state index contributed by atoms with van der Waals surface area (Å²) in [6.07, 6.45) is 0.354. The predicted octanol–water partition coefficient (Wildman–Crippen LogP) is 5.48. The fourth-order valence-electron chi connectivity index (χ4n) is 4.41. The lowest BCUT2D eigenvalue weighted by Gasteiger charge is -2.47. The average molecular weight is 470 g/mol. The van der Waals surface area contributed by atoms with Gasteiger partial charge in [0.15, 0.2) is 0 Å². The van der Waals surface area contributed by atoms with Crippen LogP contribution >= 0.6 is 27.3 Å². The number of allylic oxidation sites excluding steroid dienone is 2. The van der Waals surface area contributed by atoms with Gasteiger partial charge >= 0.3 is 11.9 Å². The normalized spacial score (nSPS) is 17.1. The third kappa shape index (κ3) is 3.43. The van der Waals surface area contributed by atoms with Gasteiger partial charge in [0.1, 0.15) is 0 Å². The summed E-state index contributed by atoms with van der Waals surface area (Å²) >= 11 is 4.86. The highest BCUT2D eigenvalue weighted by atomic mass is 79.9. The fourth-order valence-corrected chi connectivity index (χ4v) is 6.07. The Labute approximate surface area is 178 Å². The van der Waals surface area contributed by atoms with Crippen molar-refractivity contribution < 1.29 is 19.8 Å². The number of hydrogen-bond acceptors (Lipinski definition) is 4. The lowest BCUT2D eigenvalue weighted by Crippen LogP contribution is -2.48. The highest BCUT2D eigenvalue weighted by Crippen LogP contribution is 2.53. The number of carboxylic acid groups (broad SMARTS) is 2. The van der Waals surface area contributed by atoms with E-state index in [1.165, 1.54) is 11.3 Å². The number of halogens is 1. The van der Waals surface area contributed by atoms with Crippen LogP contribution in [0.15, 0.2) is 38.5 Å². The van der Waals surface area contributed by atoms with Crippen molar-refractivity contribution in [1.29, 1.82) is 0 Å². The van der Waals surface area contributed by atoms with E-state index in [0.717, 1.165) is 8.66 Å². The molecule has 1 aromatic rings. The van der Waals surface area contributed by atoms with Crippen molar-refractivity contribution in [2.24, 2.45) is 11.8 Å². The maximum atomic E-state index is 12.6. The first kappa shape index (κ1) is 22.7. The standard InChI is InChI=1S/C21H28BrNO4S/c1-7-21(13-9-10-14(22)28-13)15(19(24)25)17(11(3)4)23(8-2)18(12(5)6)16(21)20(26)27/h9-12H,7-8H2,1-6H3,(H,24,25)(H,26,27). The minimum absolute atomic E-state index is 0.0653. The zero-order valence-electron chi connectivity index (χ0n) is 17.2. The van der Waals surface area contributed by atoms with Gasteiger partial charge in [0, 0.05) is 22.8 Å². The molecule has 0 spiro atoms. The molecule has 0 aromatic carbocycles. The lowest BCUT2D eigenvalue weighted by atomic mass is 9.65. The molecule has 0 aliphatic carbocycles. The zero-order chi connectivity index (χ0) is 21.4. The summed E-state index contributed by atoms with van der Waals surface area (Å²) in [4.78, 5) is 27.9. The first-order valence-corrected chi connectivity index (χ1v) is 11.1. The second-order valence-corrected chi connectivity index (χ2v) is 10.0. The molecule has 0 amide bonds. The Hall–Kier alpha value is -1.60. The molecule has 1 aromatic heterocycles. The summed E-state index contributed by atoms with van der Waals surface area (Å²) in [6.45, 7) is 12.2. The van der Waals surface area contributed by atoms with Gasteiger partial charge in [-0.2, -0.15) is 0 Å². The molecule has 2 rings (SSSR count). The van der Waals surface area contributed by atoms with E-state index in [9.17, 15) is 19.8 Å². The smallest absolute Gasteiger partial charge is 0.334 e. The quantitative estimate of drug-likeness (QED) is 0.552. The number of carboxylic acids is 2. The third-order valence-electron chi connectivity index (χ3n) is 5.31. The van der Waals surface area contributed by atoms with E-state index in [2.05, 4.69) is 15.9 Å². The average Bonchev–Trinajstić information content (AvgIpc) is 3.04. The van der Waals surface area contributed by atoms with Crippen LogP contribution in [0.4, 0.5) is 0 Å². The SMILES string of the molecule is CCN1C(C(C)C)=C(C(=O)O)C(CC)(c2ccc(Br)s2)C(C(=O)O)=C1C(C)C. The minimum atomic E-state index is -1.20. The molecular formula is C21H28BrNO4S. The van der Waals surface area contributed by atoms with E-state index in [1.54, 1.807) is 0 Å². The molecular weight excluding hydrogens is 442 g/mol. The molecule has 0 radical (unpaired) electrons. The van der Waals surface area contributed by atoms with Crippen LogP contribution in [0.1, 0.15) is 52.8 Å². The van der Waals surface area contributed by atoms with Gasteiger partial charge in [-0.05, 0) is 53.2 Å². The maximum absolute atomic E-state index is 12.6. The maximum Gasteiger partial charge on any atom is 0.334 e. The molecule has 154 valence electrons. The van der Waals surface area contributed by atoms with E-state index < -0.39 is 17.4 Å². The van der Waals surface area contributed by atoms with Crippen molar-refractivity contribution in [3.63, 3.8) is 0 Å². The van der Waals surface area contributed by atoms with Gasteiger partial charge in [0.2, 0.25) is 0 Å². The molecule has 0 bridgehead atoms. The van der Waals surface area contributed by atoms with Crippen molar-refractivity contribution >= 4 is 39.2 Å². The summed E-state index contributed by atoms with van der Waals surface area (Å²) in [6, 6.07) is 3.70. The highest BCUT2D eigenvalue weighted by molar-refractivity contribution is 9.11. The molecule has 0 atom stereocenters. The molecule has 5 nitrogen and oxygen atoms in total. The number of aliphatic carboxylic acids is 2. The summed E-state index contributed by atoms with van der Waals surface area (Å²) in [5.41, 5.74) is 0.579. The Morgan fingerprint density at radius 3 is 1.75 bits per heavy atom. The monoisotopic (exact) mass is 469 g/mol. The highest BCUT2D eigenvalue weighted by Gasteiger charge is 2.53. The van der Waals surface area contributed by atoms with Crippen molar-refractivity contribution in [1.82, 2.24) is 4.90 Å². The van der Waals surface area contributed by atoms with Crippen LogP contribution in [0.2, 0.25) is 0 Å². The van der Waals surface area contributed by atoms with E-state index in [4.69, 9.17) is 0 Å². The van der Waals surface area contributed by atoms with Gasteiger partial charge in [-0.1, -0.05) is 34.6 Å². The molecule has 28 heavy (non-hydrogen) atoms. The minimum Gasteiger partial charge on any atom is -0.478 e. The van der Waals surface area contributed by atoms with Crippen molar-refractivity contribution in [2.75, 3.05) is 6.54 Å². The Morgan fingerprint density at radius 2 is 1.50 bits per heavy atom. The van der Waals surface area contributed by atoms with Crippen molar-refractivity contribution in [2.45, 2.75) is 53.4 Å². The third-order valence-corrected chi connectivity index (χ3v) is 7.09. The molecule has 1 aliphatic heterocycles. The number of nitrogens with zero attached hydrogens (tertiary/aromatic N) is 1. The number of carbonyl (C=O) groups is 2. The topological polar surface area (TPSA) is 77.8 Å². The second kappa shape index (κ2) is 8.41. The Kier molecular flexibility index (Phi) is 6.82. The van der Waals surface area contributed by atoms with E-state index in [0.29, 0.717) is 24.4 Å². The molecule has 0 unspecified atom stereocenters. The number of rotatable bonds is 7. The van der Waals surface area contributed by atoms with Crippen molar-refractivity contribution in [3.8, 4) is 0 Å². The van der Waals surface area contributed by atoms with Gasteiger partial charge < -0.3 is 15.1 Å². The zero-order valence-corrected chi connectivity index (χ0v) is 19.6. The van der Waals surface area contributed by atoms with Crippen LogP contribution in [-0.2, 0) is 15.0 Å². The van der Waals surface area contributed by atoms with Crippen LogP contribution in [0.25, 0.3) is 0 Å². The van der Waals surface area contributed by atoms with Gasteiger partial charge in [-0.3, -0.25) is 0 Å². The van der Waals surface area contributed by atoms with Gasteiger partial charge in [-0.25, -0.2) is 9.59 Å². The molecule has 7 heteroatoms. The van der Waals surface area contributed by atoms with Crippen LogP contribution in [-0.4, -0.2) is 33.6 Å². The first-order chi connectivity index (χ1) is 13.0. The van der Waals surface area contributed by atoms with Gasteiger partial charge in [0.25, 0.3) is 0 Å². The van der Waals surface area contributed by atoms with Crippen LogP contribution in [0.3, 0.4) is 0 Å². The molecule has 0 fully saturated rings. The van der Waals surface area contributed by atoms with Gasteiger partial charge in [-0.15, -0.1) is 11.3 Å². The van der Waals surface area contributed by atoms with E-state index in [-0.39, 0.29) is 23.0 Å². The van der Waals surface area contributed by atoms with E-state index >= 15 is 0 Å². The summed E-state index contributed by atoms with van der Waals surface area (Å²) in [5.74, 6) is -2.25. The Balaban J connectivity index is 3.13. The molecule has 1 aliphatic rings. The van der Waals surface area contributed by atoms with Gasteiger partial charge in [0.05, 0.1) is 20.3 Å². The number of thiophene rings is 1. The Bertz CT molecular complexity index is 806. The summed E-state index contributed by atoms with van der Waals surface area (Å²) in [5, 5.41) is 20.6. The largest absolute Gasteiger partial charge is 0.478 e. The van der Waals surface area contributed by atoms with Crippen LogP contribution < -0.4 is 0 Å². The van der Waals surface area contributed by atoms with Crippen molar-refractivity contribution in [3.05, 3.63) is 43.3 Å². The fraction of sp³-hybridized carbons (Fsp3) is 0.524. The summed E-state index contributed by atoms with van der Waals surface area (Å²) in [7, 11) is 0. The molecule has 2 heterocycles. The predicted molar refractivity (Wildman–Crippen MR) is 115 cm³/mol. The van der Waals surface area contributed by atoms with E-state index in [1.807, 2.05) is 58.6 Å².